The quantitative estimate of drug-likeness (QED) is 0.372. The number of carbonyl (C=O) groups excluding carboxylic acids is 1. The first kappa shape index (κ1) is 23.2. The van der Waals surface area contributed by atoms with Gasteiger partial charge in [0, 0.05) is 42.5 Å². The van der Waals surface area contributed by atoms with Crippen LogP contribution in [-0.4, -0.2) is 58.8 Å². The van der Waals surface area contributed by atoms with Crippen LogP contribution in [-0.2, 0) is 4.79 Å². The number of anilines is 1. The Balaban J connectivity index is 1.35. The third kappa shape index (κ3) is 4.07. The number of aromatic hydroxyl groups is 1. The summed E-state index contributed by atoms with van der Waals surface area (Å²) in [5.74, 6) is 0.244. The van der Waals surface area contributed by atoms with Crippen LogP contribution in [0.1, 0.15) is 25.7 Å². The molecule has 3 aromatic carbocycles. The predicted molar refractivity (Wildman–Crippen MR) is 143 cm³/mol. The van der Waals surface area contributed by atoms with Crippen LogP contribution in [0.3, 0.4) is 0 Å². The second-order valence-electron chi connectivity index (χ2n) is 10.5. The van der Waals surface area contributed by atoms with Crippen LogP contribution in [0.25, 0.3) is 32.8 Å². The van der Waals surface area contributed by atoms with E-state index in [0.717, 1.165) is 36.7 Å². The molecule has 1 unspecified atom stereocenters. The summed E-state index contributed by atoms with van der Waals surface area (Å²) in [5.41, 5.74) is 1.12. The van der Waals surface area contributed by atoms with E-state index in [1.54, 1.807) is 18.2 Å². The van der Waals surface area contributed by atoms with E-state index >= 15 is 4.39 Å². The first-order valence-corrected chi connectivity index (χ1v) is 13.2. The van der Waals surface area contributed by atoms with Gasteiger partial charge in [-0.1, -0.05) is 30.3 Å². The average molecular weight is 514 g/mol. The van der Waals surface area contributed by atoms with E-state index in [4.69, 9.17) is 9.72 Å². The van der Waals surface area contributed by atoms with Crippen LogP contribution >= 0.6 is 0 Å². The van der Waals surface area contributed by atoms with Gasteiger partial charge in [-0.05, 0) is 53.8 Å². The first-order valence-electron chi connectivity index (χ1n) is 13.2. The van der Waals surface area contributed by atoms with Gasteiger partial charge in [0.05, 0.1) is 6.04 Å². The van der Waals surface area contributed by atoms with Crippen molar-refractivity contribution in [2.45, 2.75) is 43.8 Å². The highest BCUT2D eigenvalue weighted by molar-refractivity contribution is 6.01. The van der Waals surface area contributed by atoms with Crippen LogP contribution in [0, 0.1) is 5.82 Å². The molecule has 7 rings (SSSR count). The summed E-state index contributed by atoms with van der Waals surface area (Å²) in [6, 6.07) is 15.2. The number of phenolic OH excluding ortho intramolecular Hbond substituents is 1. The highest BCUT2D eigenvalue weighted by Gasteiger charge is 2.34. The fourth-order valence-corrected chi connectivity index (χ4v) is 6.10. The molecule has 194 valence electrons. The van der Waals surface area contributed by atoms with Crippen molar-refractivity contribution in [2.24, 2.45) is 0 Å². The minimum atomic E-state index is -0.487. The van der Waals surface area contributed by atoms with Gasteiger partial charge in [-0.3, -0.25) is 4.79 Å². The Morgan fingerprint density at radius 3 is 2.61 bits per heavy atom. The molecule has 3 atom stereocenters. The van der Waals surface area contributed by atoms with Crippen molar-refractivity contribution in [1.82, 2.24) is 20.6 Å². The van der Waals surface area contributed by atoms with E-state index in [0.29, 0.717) is 47.3 Å². The minimum absolute atomic E-state index is 0.00374. The van der Waals surface area contributed by atoms with Crippen molar-refractivity contribution in [3.05, 3.63) is 54.3 Å². The minimum Gasteiger partial charge on any atom is -0.508 e. The third-order valence-electron chi connectivity index (χ3n) is 7.92. The summed E-state index contributed by atoms with van der Waals surface area (Å²) >= 11 is 0. The van der Waals surface area contributed by atoms with Crippen LogP contribution < -0.4 is 20.3 Å². The number of rotatable bonds is 5. The molecule has 2 bridgehead atoms. The lowest BCUT2D eigenvalue weighted by atomic mass is 9.96. The van der Waals surface area contributed by atoms with Crippen molar-refractivity contribution in [1.29, 1.82) is 0 Å². The van der Waals surface area contributed by atoms with Crippen molar-refractivity contribution in [3.63, 3.8) is 0 Å². The normalized spacial score (nSPS) is 22.8. The van der Waals surface area contributed by atoms with Crippen LogP contribution in [0.5, 0.6) is 11.8 Å². The Kier molecular flexibility index (Phi) is 5.54. The molecule has 0 aliphatic carbocycles. The van der Waals surface area contributed by atoms with Crippen LogP contribution in [0.15, 0.2) is 48.5 Å². The fraction of sp³-hybridized carbons (Fsp3) is 0.345. The van der Waals surface area contributed by atoms with Gasteiger partial charge in [0.15, 0.2) is 5.82 Å². The summed E-state index contributed by atoms with van der Waals surface area (Å²) in [6.45, 7) is 1.78. The van der Waals surface area contributed by atoms with Gasteiger partial charge < -0.3 is 25.4 Å². The lowest BCUT2D eigenvalue weighted by Crippen LogP contribution is -2.51. The maximum absolute atomic E-state index is 16.4. The highest BCUT2D eigenvalue weighted by Crippen LogP contribution is 2.39. The van der Waals surface area contributed by atoms with Gasteiger partial charge in [-0.15, -0.1) is 0 Å². The van der Waals surface area contributed by atoms with Gasteiger partial charge >= 0.3 is 6.01 Å². The van der Waals surface area contributed by atoms with E-state index in [9.17, 15) is 9.90 Å². The van der Waals surface area contributed by atoms with E-state index in [-0.39, 0.29) is 35.8 Å². The Hall–Kier alpha value is -3.98. The molecular formula is C29H28FN5O3. The molecule has 3 fully saturated rings. The Morgan fingerprint density at radius 2 is 1.82 bits per heavy atom. The number of hydrogen-bond acceptors (Lipinski definition) is 7. The van der Waals surface area contributed by atoms with Crippen molar-refractivity contribution in [3.8, 4) is 22.9 Å². The zero-order valence-corrected chi connectivity index (χ0v) is 20.8. The SMILES string of the molecule is O=C1CCC(COc2nc(N3C[C@H]4CC[C@@H](C3)N4)c3ccc(-c4cc(O)cc5ccccc45)c(F)c3n2)N1. The molecule has 3 saturated heterocycles. The van der Waals surface area contributed by atoms with Gasteiger partial charge in [0.1, 0.15) is 23.7 Å². The highest BCUT2D eigenvalue weighted by atomic mass is 19.1. The number of carbonyl (C=O) groups is 1. The summed E-state index contributed by atoms with van der Waals surface area (Å²) in [7, 11) is 0. The third-order valence-corrected chi connectivity index (χ3v) is 7.92. The molecule has 3 aliphatic heterocycles. The summed E-state index contributed by atoms with van der Waals surface area (Å²) in [5, 5.41) is 19.2. The molecule has 38 heavy (non-hydrogen) atoms. The predicted octanol–water partition coefficient (Wildman–Crippen LogP) is 3.89. The number of nitrogens with one attached hydrogen (secondary N) is 2. The van der Waals surface area contributed by atoms with Gasteiger partial charge in [-0.2, -0.15) is 9.97 Å². The summed E-state index contributed by atoms with van der Waals surface area (Å²) in [4.78, 5) is 23.1. The van der Waals surface area contributed by atoms with Gasteiger partial charge in [0.25, 0.3) is 0 Å². The van der Waals surface area contributed by atoms with E-state index in [1.165, 1.54) is 0 Å². The molecule has 4 heterocycles. The standard InChI is InChI=1S/C29H28FN5O3/c30-26-22(24-12-20(36)11-16-3-1-2-4-21(16)24)8-9-23-27(26)33-29(38-15-19-7-10-25(37)32-19)34-28(23)35-13-17-5-6-18(14-35)31-17/h1-4,8-9,11-12,17-19,31,36H,5-7,10,13-15H2,(H,32,37)/t17-,18+,19?. The molecule has 1 amide bonds. The van der Waals surface area contributed by atoms with Crippen molar-refractivity contribution in [2.75, 3.05) is 24.6 Å². The van der Waals surface area contributed by atoms with Crippen molar-refractivity contribution < 1.29 is 19.0 Å². The molecule has 8 nitrogen and oxygen atoms in total. The lowest BCUT2D eigenvalue weighted by molar-refractivity contribution is -0.119. The van der Waals surface area contributed by atoms with Gasteiger partial charge in [0.2, 0.25) is 5.91 Å². The molecule has 4 aromatic rings. The van der Waals surface area contributed by atoms with E-state index < -0.39 is 5.82 Å². The number of benzene rings is 3. The number of nitrogens with zero attached hydrogens (tertiary/aromatic N) is 3. The molecular weight excluding hydrogens is 485 g/mol. The zero-order chi connectivity index (χ0) is 25.8. The summed E-state index contributed by atoms with van der Waals surface area (Å²) in [6.07, 6.45) is 3.37. The van der Waals surface area contributed by atoms with Crippen LogP contribution in [0.2, 0.25) is 0 Å². The number of fused-ring (bicyclic) bond motifs is 4. The maximum atomic E-state index is 16.4. The smallest absolute Gasteiger partial charge is 0.319 e. The first-order chi connectivity index (χ1) is 18.5. The largest absolute Gasteiger partial charge is 0.508 e. The number of piperazine rings is 1. The monoisotopic (exact) mass is 513 g/mol. The Bertz CT molecular complexity index is 1570. The fourth-order valence-electron chi connectivity index (χ4n) is 6.10. The second-order valence-corrected chi connectivity index (χ2v) is 10.5. The number of ether oxygens (including phenoxy) is 1. The van der Waals surface area contributed by atoms with E-state index in [2.05, 4.69) is 20.5 Å². The number of amides is 1. The Morgan fingerprint density at radius 1 is 1.00 bits per heavy atom. The molecule has 0 radical (unpaired) electrons. The number of aromatic nitrogens is 2. The molecule has 3 aliphatic rings. The zero-order valence-electron chi connectivity index (χ0n) is 20.8. The van der Waals surface area contributed by atoms with Crippen LogP contribution in [0.4, 0.5) is 10.2 Å². The molecule has 9 heteroatoms. The maximum Gasteiger partial charge on any atom is 0.319 e. The average Bonchev–Trinajstić information content (AvgIpc) is 3.50. The molecule has 3 N–H and O–H groups in total. The number of halogens is 1. The van der Waals surface area contributed by atoms with Gasteiger partial charge in [-0.25, -0.2) is 4.39 Å². The molecule has 0 saturated carbocycles. The number of hydrogen-bond donors (Lipinski definition) is 3. The van der Waals surface area contributed by atoms with E-state index in [1.807, 2.05) is 30.3 Å². The second kappa shape index (κ2) is 9.09. The van der Waals surface area contributed by atoms with Crippen molar-refractivity contribution >= 4 is 33.4 Å². The summed E-state index contributed by atoms with van der Waals surface area (Å²) < 4.78 is 22.3. The number of phenols is 1. The molecule has 0 spiro atoms. The Labute approximate surface area is 218 Å². The molecule has 1 aromatic heterocycles. The lowest BCUT2D eigenvalue weighted by Gasteiger charge is -2.34. The topological polar surface area (TPSA) is 99.6 Å².